The first-order valence-electron chi connectivity index (χ1n) is 8.08. The first kappa shape index (κ1) is 17.9. The second kappa shape index (κ2) is 7.52. The molecule has 26 heavy (non-hydrogen) atoms. The highest BCUT2D eigenvalue weighted by Crippen LogP contribution is 2.23. The molecule has 3 rings (SSSR count). The number of hydrogen-bond donors (Lipinski definition) is 2. The third-order valence-electron chi connectivity index (χ3n) is 3.78. The van der Waals surface area contributed by atoms with E-state index in [-0.39, 0.29) is 16.8 Å². The van der Waals surface area contributed by atoms with Crippen LogP contribution in [0.2, 0.25) is 0 Å². The number of benzene rings is 2. The fourth-order valence-corrected chi connectivity index (χ4v) is 3.60. The summed E-state index contributed by atoms with van der Waals surface area (Å²) in [6.07, 6.45) is 4.68. The quantitative estimate of drug-likeness (QED) is 0.767. The highest BCUT2D eigenvalue weighted by molar-refractivity contribution is 7.89. The molecule has 0 heterocycles. The van der Waals surface area contributed by atoms with E-state index >= 15 is 0 Å². The van der Waals surface area contributed by atoms with Gasteiger partial charge in [-0.2, -0.15) is 5.26 Å². The van der Waals surface area contributed by atoms with Crippen molar-refractivity contribution >= 4 is 27.7 Å². The molecule has 0 aromatic heterocycles. The molecule has 6 nitrogen and oxygen atoms in total. The van der Waals surface area contributed by atoms with E-state index in [1.165, 1.54) is 18.2 Å². The Labute approximate surface area is 152 Å². The number of amides is 1. The number of nitrogens with zero attached hydrogens (tertiary/aromatic N) is 1. The van der Waals surface area contributed by atoms with E-state index in [9.17, 15) is 13.2 Å². The molecule has 1 fully saturated rings. The molecule has 0 saturated heterocycles. The molecule has 0 aliphatic heterocycles. The number of carbonyl (C=O) groups excluding carboxylic acids is 1. The van der Waals surface area contributed by atoms with Crippen LogP contribution in [0, 0.1) is 11.3 Å². The Hall–Kier alpha value is -2.95. The van der Waals surface area contributed by atoms with Gasteiger partial charge in [-0.05, 0) is 54.8 Å². The number of anilines is 1. The van der Waals surface area contributed by atoms with Gasteiger partial charge in [0.05, 0.1) is 16.5 Å². The molecule has 0 atom stereocenters. The molecular formula is C19H17N3O3S. The Kier molecular flexibility index (Phi) is 5.16. The molecule has 2 aromatic carbocycles. The van der Waals surface area contributed by atoms with Crippen LogP contribution in [0.5, 0.6) is 0 Å². The second-order valence-electron chi connectivity index (χ2n) is 5.98. The summed E-state index contributed by atoms with van der Waals surface area (Å²) in [4.78, 5) is 12.2. The maximum atomic E-state index is 12.2. The van der Waals surface area contributed by atoms with Crippen LogP contribution in [0.25, 0.3) is 6.08 Å². The molecule has 1 aliphatic rings. The van der Waals surface area contributed by atoms with Gasteiger partial charge in [0.15, 0.2) is 0 Å². The standard InChI is InChI=1S/C19H17N3O3S/c20-13-15-6-4-14(5-7-15)8-11-19(23)21-17-2-1-3-18(12-17)26(24,25)22-16-9-10-16/h1-8,11-12,16,22H,9-10H2,(H,21,23)/b11-8+. The van der Waals surface area contributed by atoms with Crippen molar-refractivity contribution in [1.82, 2.24) is 4.72 Å². The molecule has 0 spiro atoms. The minimum Gasteiger partial charge on any atom is -0.322 e. The van der Waals surface area contributed by atoms with Crippen LogP contribution in [-0.2, 0) is 14.8 Å². The zero-order chi connectivity index (χ0) is 18.6. The lowest BCUT2D eigenvalue weighted by atomic mass is 10.1. The van der Waals surface area contributed by atoms with E-state index in [1.807, 2.05) is 6.07 Å². The first-order chi connectivity index (χ1) is 12.5. The van der Waals surface area contributed by atoms with Crippen molar-refractivity contribution in [3.8, 4) is 6.07 Å². The number of sulfonamides is 1. The molecule has 2 aromatic rings. The van der Waals surface area contributed by atoms with E-state index in [4.69, 9.17) is 5.26 Å². The summed E-state index contributed by atoms with van der Waals surface area (Å²) in [5, 5.41) is 11.4. The molecule has 0 bridgehead atoms. The topological polar surface area (TPSA) is 99.1 Å². The van der Waals surface area contributed by atoms with E-state index in [1.54, 1.807) is 42.5 Å². The van der Waals surface area contributed by atoms with Gasteiger partial charge < -0.3 is 5.32 Å². The third kappa shape index (κ3) is 4.79. The van der Waals surface area contributed by atoms with Gasteiger partial charge in [-0.25, -0.2) is 13.1 Å². The van der Waals surface area contributed by atoms with Crippen molar-refractivity contribution < 1.29 is 13.2 Å². The molecule has 0 radical (unpaired) electrons. The maximum Gasteiger partial charge on any atom is 0.248 e. The molecule has 1 amide bonds. The van der Waals surface area contributed by atoms with Crippen LogP contribution in [0.1, 0.15) is 24.0 Å². The maximum absolute atomic E-state index is 12.2. The van der Waals surface area contributed by atoms with Crippen LogP contribution in [0.3, 0.4) is 0 Å². The van der Waals surface area contributed by atoms with Crippen molar-refractivity contribution in [1.29, 1.82) is 5.26 Å². The Morgan fingerprint density at radius 3 is 2.54 bits per heavy atom. The molecule has 2 N–H and O–H groups in total. The number of nitrogens with one attached hydrogen (secondary N) is 2. The van der Waals surface area contributed by atoms with Crippen molar-refractivity contribution in [2.75, 3.05) is 5.32 Å². The Balaban J connectivity index is 1.66. The largest absolute Gasteiger partial charge is 0.322 e. The SMILES string of the molecule is N#Cc1ccc(/C=C/C(=O)Nc2cccc(S(=O)(=O)NC3CC3)c2)cc1. The smallest absolute Gasteiger partial charge is 0.248 e. The lowest BCUT2D eigenvalue weighted by Crippen LogP contribution is -2.25. The summed E-state index contributed by atoms with van der Waals surface area (Å²) >= 11 is 0. The van der Waals surface area contributed by atoms with Crippen molar-refractivity contribution in [2.45, 2.75) is 23.8 Å². The third-order valence-corrected chi connectivity index (χ3v) is 5.30. The zero-order valence-corrected chi connectivity index (χ0v) is 14.7. The predicted molar refractivity (Wildman–Crippen MR) is 98.6 cm³/mol. The van der Waals surface area contributed by atoms with E-state index < -0.39 is 10.0 Å². The van der Waals surface area contributed by atoms with Gasteiger partial charge in [0.1, 0.15) is 0 Å². The van der Waals surface area contributed by atoms with Crippen LogP contribution in [0.15, 0.2) is 59.5 Å². The summed E-state index contributed by atoms with van der Waals surface area (Å²) in [6, 6.07) is 15.0. The average molecular weight is 367 g/mol. The molecule has 132 valence electrons. The van der Waals surface area contributed by atoms with Crippen LogP contribution < -0.4 is 10.0 Å². The highest BCUT2D eigenvalue weighted by Gasteiger charge is 2.28. The van der Waals surface area contributed by atoms with Gasteiger partial charge >= 0.3 is 0 Å². The van der Waals surface area contributed by atoms with Gasteiger partial charge in [-0.15, -0.1) is 0 Å². The number of nitriles is 1. The van der Waals surface area contributed by atoms with Gasteiger partial charge in [0, 0.05) is 17.8 Å². The minimum atomic E-state index is -3.56. The summed E-state index contributed by atoms with van der Waals surface area (Å²) in [5.41, 5.74) is 1.73. The normalized spacial score (nSPS) is 14.1. The Bertz CT molecular complexity index is 985. The molecule has 1 saturated carbocycles. The average Bonchev–Trinajstić information content (AvgIpc) is 3.44. The lowest BCUT2D eigenvalue weighted by molar-refractivity contribution is -0.111. The van der Waals surface area contributed by atoms with Gasteiger partial charge in [-0.1, -0.05) is 18.2 Å². The number of rotatable bonds is 6. The van der Waals surface area contributed by atoms with Crippen molar-refractivity contribution in [3.05, 3.63) is 65.7 Å². The molecule has 0 unspecified atom stereocenters. The summed E-state index contributed by atoms with van der Waals surface area (Å²) in [7, 11) is -3.56. The fraction of sp³-hybridized carbons (Fsp3) is 0.158. The Morgan fingerprint density at radius 1 is 1.15 bits per heavy atom. The van der Waals surface area contributed by atoms with E-state index in [0.29, 0.717) is 11.3 Å². The second-order valence-corrected chi connectivity index (χ2v) is 7.69. The number of hydrogen-bond acceptors (Lipinski definition) is 4. The minimum absolute atomic E-state index is 0.0219. The van der Waals surface area contributed by atoms with Crippen LogP contribution in [-0.4, -0.2) is 20.4 Å². The van der Waals surface area contributed by atoms with E-state index in [2.05, 4.69) is 10.0 Å². The summed E-state index contributed by atoms with van der Waals surface area (Å²) in [5.74, 6) is -0.376. The first-order valence-corrected chi connectivity index (χ1v) is 9.56. The molecule has 7 heteroatoms. The zero-order valence-electron chi connectivity index (χ0n) is 13.8. The molecule has 1 aliphatic carbocycles. The monoisotopic (exact) mass is 367 g/mol. The summed E-state index contributed by atoms with van der Waals surface area (Å²) < 4.78 is 27.1. The van der Waals surface area contributed by atoms with Gasteiger partial charge in [0.2, 0.25) is 15.9 Å². The highest BCUT2D eigenvalue weighted by atomic mass is 32.2. The van der Waals surface area contributed by atoms with Crippen molar-refractivity contribution in [2.24, 2.45) is 0 Å². The number of carbonyl (C=O) groups is 1. The van der Waals surface area contributed by atoms with Crippen LogP contribution >= 0.6 is 0 Å². The van der Waals surface area contributed by atoms with Gasteiger partial charge in [-0.3, -0.25) is 4.79 Å². The lowest BCUT2D eigenvalue weighted by Gasteiger charge is -2.08. The fourth-order valence-electron chi connectivity index (χ4n) is 2.25. The van der Waals surface area contributed by atoms with Crippen LogP contribution in [0.4, 0.5) is 5.69 Å². The predicted octanol–water partition coefficient (Wildman–Crippen LogP) is 2.65. The Morgan fingerprint density at radius 2 is 1.88 bits per heavy atom. The van der Waals surface area contributed by atoms with Gasteiger partial charge in [0.25, 0.3) is 0 Å². The van der Waals surface area contributed by atoms with Crippen molar-refractivity contribution in [3.63, 3.8) is 0 Å². The molecular weight excluding hydrogens is 350 g/mol. The summed E-state index contributed by atoms with van der Waals surface area (Å²) in [6.45, 7) is 0. The van der Waals surface area contributed by atoms with E-state index in [0.717, 1.165) is 18.4 Å².